The minimum atomic E-state index is -4.70. The maximum Gasteiger partial charge on any atom is 0.420 e. The van der Waals surface area contributed by atoms with Crippen molar-refractivity contribution in [2.75, 3.05) is 0 Å². The lowest BCUT2D eigenvalue weighted by atomic mass is 10.0. The van der Waals surface area contributed by atoms with Crippen LogP contribution in [0.1, 0.15) is 42.8 Å². The van der Waals surface area contributed by atoms with Crippen LogP contribution in [0.15, 0.2) is 30.5 Å². The molecule has 148 valence electrons. The summed E-state index contributed by atoms with van der Waals surface area (Å²) in [5.41, 5.74) is -1.45. The molecule has 0 aliphatic heterocycles. The molecule has 0 unspecified atom stereocenters. The first-order valence-electron chi connectivity index (χ1n) is 8.79. The Morgan fingerprint density at radius 1 is 1.14 bits per heavy atom. The number of nitrogens with zero attached hydrogens (tertiary/aromatic N) is 3. The molecule has 0 radical (unpaired) electrons. The Morgan fingerprint density at radius 3 is 2.43 bits per heavy atom. The summed E-state index contributed by atoms with van der Waals surface area (Å²) in [7, 11) is 0. The molecule has 0 amide bonds. The van der Waals surface area contributed by atoms with Gasteiger partial charge in [0.1, 0.15) is 34.9 Å². The van der Waals surface area contributed by atoms with Gasteiger partial charge in [0.05, 0.1) is 0 Å². The third-order valence-corrected chi connectivity index (χ3v) is 4.72. The van der Waals surface area contributed by atoms with E-state index in [4.69, 9.17) is 4.74 Å². The molecular formula is C19H16F5N3O. The molecule has 1 aliphatic rings. The van der Waals surface area contributed by atoms with Crippen LogP contribution in [0, 0.1) is 17.6 Å². The van der Waals surface area contributed by atoms with Crippen LogP contribution >= 0.6 is 0 Å². The number of ether oxygens (including phenoxy) is 1. The number of benzene rings is 1. The zero-order valence-electron chi connectivity index (χ0n) is 14.8. The second-order valence-electron chi connectivity index (χ2n) is 6.97. The molecule has 28 heavy (non-hydrogen) atoms. The summed E-state index contributed by atoms with van der Waals surface area (Å²) in [5.74, 6) is -1.04. The molecule has 0 spiro atoms. The third-order valence-electron chi connectivity index (χ3n) is 4.72. The van der Waals surface area contributed by atoms with Crippen molar-refractivity contribution in [1.29, 1.82) is 0 Å². The smallest absolute Gasteiger partial charge is 0.420 e. The SMILES string of the molecule is C[C@H](Oc1cc(F)cc(F)c1)c1ccn2c(CC3CC3)nnc2c1C(F)(F)F. The van der Waals surface area contributed by atoms with Gasteiger partial charge in [0, 0.05) is 36.4 Å². The molecule has 2 heterocycles. The van der Waals surface area contributed by atoms with E-state index in [1.54, 1.807) is 0 Å². The van der Waals surface area contributed by atoms with Crippen molar-refractivity contribution in [3.63, 3.8) is 0 Å². The van der Waals surface area contributed by atoms with Crippen LogP contribution in [-0.2, 0) is 12.6 Å². The van der Waals surface area contributed by atoms with Gasteiger partial charge in [-0.1, -0.05) is 0 Å². The number of pyridine rings is 1. The van der Waals surface area contributed by atoms with Crippen molar-refractivity contribution in [3.8, 4) is 5.75 Å². The highest BCUT2D eigenvalue weighted by atomic mass is 19.4. The van der Waals surface area contributed by atoms with Crippen LogP contribution < -0.4 is 4.74 Å². The Kier molecular flexibility index (Phi) is 4.47. The molecule has 2 aromatic heterocycles. The summed E-state index contributed by atoms with van der Waals surface area (Å²) < 4.78 is 74.9. The van der Waals surface area contributed by atoms with Crippen molar-refractivity contribution in [2.45, 2.75) is 38.5 Å². The minimum absolute atomic E-state index is 0.185. The van der Waals surface area contributed by atoms with E-state index in [9.17, 15) is 22.0 Å². The van der Waals surface area contributed by atoms with Gasteiger partial charge in [-0.3, -0.25) is 4.40 Å². The molecule has 1 fully saturated rings. The van der Waals surface area contributed by atoms with Gasteiger partial charge in [-0.05, 0) is 31.7 Å². The van der Waals surface area contributed by atoms with Crippen molar-refractivity contribution in [2.24, 2.45) is 5.92 Å². The molecule has 1 saturated carbocycles. The van der Waals surface area contributed by atoms with E-state index >= 15 is 0 Å². The van der Waals surface area contributed by atoms with E-state index in [1.807, 2.05) is 0 Å². The van der Waals surface area contributed by atoms with E-state index in [0.717, 1.165) is 25.0 Å². The van der Waals surface area contributed by atoms with Crippen LogP contribution in [0.2, 0.25) is 0 Å². The summed E-state index contributed by atoms with van der Waals surface area (Å²) in [4.78, 5) is 0. The molecular weight excluding hydrogens is 381 g/mol. The van der Waals surface area contributed by atoms with Gasteiger partial charge in [0.2, 0.25) is 0 Å². The fraction of sp³-hybridized carbons (Fsp3) is 0.368. The quantitative estimate of drug-likeness (QED) is 0.561. The maximum absolute atomic E-state index is 13.8. The number of alkyl halides is 3. The molecule has 1 aliphatic carbocycles. The van der Waals surface area contributed by atoms with Gasteiger partial charge >= 0.3 is 6.18 Å². The van der Waals surface area contributed by atoms with Gasteiger partial charge in [0.15, 0.2) is 5.65 Å². The summed E-state index contributed by atoms with van der Waals surface area (Å²) in [6, 6.07) is 3.77. The van der Waals surface area contributed by atoms with Gasteiger partial charge < -0.3 is 4.74 Å². The number of aromatic nitrogens is 3. The molecule has 0 N–H and O–H groups in total. The monoisotopic (exact) mass is 397 g/mol. The van der Waals surface area contributed by atoms with Gasteiger partial charge in [-0.2, -0.15) is 13.2 Å². The average molecular weight is 397 g/mol. The lowest BCUT2D eigenvalue weighted by Crippen LogP contribution is -2.16. The number of hydrogen-bond acceptors (Lipinski definition) is 3. The molecule has 0 saturated heterocycles. The van der Waals surface area contributed by atoms with Crippen LogP contribution in [0.5, 0.6) is 5.75 Å². The number of hydrogen-bond donors (Lipinski definition) is 0. The highest BCUT2D eigenvalue weighted by Gasteiger charge is 2.39. The first kappa shape index (κ1) is 18.6. The largest absolute Gasteiger partial charge is 0.486 e. The van der Waals surface area contributed by atoms with Crippen LogP contribution in [0.3, 0.4) is 0 Å². The highest BCUT2D eigenvalue weighted by Crippen LogP contribution is 2.39. The van der Waals surface area contributed by atoms with E-state index in [-0.39, 0.29) is 17.0 Å². The van der Waals surface area contributed by atoms with Gasteiger partial charge in [-0.15, -0.1) is 10.2 Å². The standard InChI is InChI=1S/C19H16F5N3O/c1-10(28-14-8-12(20)7-13(21)9-14)15-4-5-27-16(6-11-2-3-11)25-26-18(27)17(15)19(22,23)24/h4-5,7-11H,2-3,6H2,1H3/t10-/m0/s1. The lowest BCUT2D eigenvalue weighted by Gasteiger charge is -2.20. The zero-order valence-corrected chi connectivity index (χ0v) is 14.8. The first-order valence-corrected chi connectivity index (χ1v) is 8.79. The second-order valence-corrected chi connectivity index (χ2v) is 6.97. The molecule has 0 bridgehead atoms. The fourth-order valence-corrected chi connectivity index (χ4v) is 3.23. The van der Waals surface area contributed by atoms with Crippen LogP contribution in [-0.4, -0.2) is 14.6 Å². The Hall–Kier alpha value is -2.71. The first-order chi connectivity index (χ1) is 13.2. The van der Waals surface area contributed by atoms with Crippen LogP contribution in [0.25, 0.3) is 5.65 Å². The summed E-state index contributed by atoms with van der Waals surface area (Å²) in [5, 5.41) is 7.69. The number of fused-ring (bicyclic) bond motifs is 1. The summed E-state index contributed by atoms with van der Waals surface area (Å²) in [6.07, 6.45) is -1.70. The number of halogens is 5. The topological polar surface area (TPSA) is 39.4 Å². The molecule has 3 aromatic rings. The summed E-state index contributed by atoms with van der Waals surface area (Å²) >= 11 is 0. The highest BCUT2D eigenvalue weighted by molar-refractivity contribution is 5.54. The molecule has 1 aromatic carbocycles. The Bertz CT molecular complexity index is 1010. The summed E-state index contributed by atoms with van der Waals surface area (Å²) in [6.45, 7) is 1.38. The molecule has 9 heteroatoms. The van der Waals surface area contributed by atoms with E-state index in [2.05, 4.69) is 10.2 Å². The van der Waals surface area contributed by atoms with E-state index in [1.165, 1.54) is 23.6 Å². The zero-order chi connectivity index (χ0) is 20.1. The normalized spacial score (nSPS) is 15.8. The average Bonchev–Trinajstić information content (AvgIpc) is 3.31. The Balaban J connectivity index is 1.74. The van der Waals surface area contributed by atoms with Crippen molar-refractivity contribution >= 4 is 5.65 Å². The van der Waals surface area contributed by atoms with Crippen molar-refractivity contribution in [1.82, 2.24) is 14.6 Å². The second kappa shape index (κ2) is 6.72. The maximum atomic E-state index is 13.8. The van der Waals surface area contributed by atoms with Crippen molar-refractivity contribution < 1.29 is 26.7 Å². The van der Waals surface area contributed by atoms with Crippen molar-refractivity contribution in [3.05, 3.63) is 59.0 Å². The Labute approximate surface area is 157 Å². The molecule has 4 rings (SSSR count). The predicted molar refractivity (Wildman–Crippen MR) is 89.8 cm³/mol. The van der Waals surface area contributed by atoms with E-state index in [0.29, 0.717) is 24.2 Å². The minimum Gasteiger partial charge on any atom is -0.486 e. The lowest BCUT2D eigenvalue weighted by molar-refractivity contribution is -0.138. The van der Waals surface area contributed by atoms with E-state index < -0.39 is 29.5 Å². The molecule has 1 atom stereocenters. The predicted octanol–water partition coefficient (Wildman–Crippen LogP) is 5.12. The Morgan fingerprint density at radius 2 is 1.82 bits per heavy atom. The van der Waals surface area contributed by atoms with Crippen LogP contribution in [0.4, 0.5) is 22.0 Å². The van der Waals surface area contributed by atoms with Gasteiger partial charge in [-0.25, -0.2) is 8.78 Å². The number of rotatable bonds is 5. The fourth-order valence-electron chi connectivity index (χ4n) is 3.23. The van der Waals surface area contributed by atoms with Gasteiger partial charge in [0.25, 0.3) is 0 Å². The third kappa shape index (κ3) is 3.65. The molecule has 4 nitrogen and oxygen atoms in total.